The van der Waals surface area contributed by atoms with Crippen molar-refractivity contribution in [3.63, 3.8) is 0 Å². The van der Waals surface area contributed by atoms with Gasteiger partial charge in [0, 0.05) is 35.4 Å². The van der Waals surface area contributed by atoms with Gasteiger partial charge in [-0.15, -0.1) is 0 Å². The molecule has 1 aromatic carbocycles. The van der Waals surface area contributed by atoms with Gasteiger partial charge in [0.2, 0.25) is 11.8 Å². The molecule has 1 aromatic heterocycles. The lowest BCUT2D eigenvalue weighted by Gasteiger charge is -2.26. The van der Waals surface area contributed by atoms with Crippen LogP contribution in [0.3, 0.4) is 0 Å². The smallest absolute Gasteiger partial charge is 0.328 e. The van der Waals surface area contributed by atoms with Gasteiger partial charge in [-0.25, -0.2) is 4.79 Å². The van der Waals surface area contributed by atoms with Crippen LogP contribution >= 0.6 is 0 Å². The molecule has 0 aliphatic carbocycles. The number of aromatic nitrogens is 1. The van der Waals surface area contributed by atoms with Gasteiger partial charge in [0.15, 0.2) is 5.78 Å². The van der Waals surface area contributed by atoms with E-state index in [0.717, 1.165) is 16.5 Å². The standard InChI is InChI=1S/C25H34N4O5/c1-15(2)34-23(32)20(11-10-17(30)13-26)28-22(31)21(29-24(33)25(3,4)5)12-16-14-27-19-9-7-6-8-18(16)19/h6-9,13-15,20-21,26-27H,10-12H2,1-5H3,(H,28,31)(H,29,33)/t20-,21-/m0/s1. The van der Waals surface area contributed by atoms with Gasteiger partial charge in [-0.2, -0.15) is 0 Å². The third-order valence-electron chi connectivity index (χ3n) is 5.20. The van der Waals surface area contributed by atoms with E-state index in [1.165, 1.54) is 0 Å². The Balaban J connectivity index is 2.29. The lowest BCUT2D eigenvalue weighted by Crippen LogP contribution is -2.54. The van der Waals surface area contributed by atoms with E-state index in [9.17, 15) is 19.2 Å². The van der Waals surface area contributed by atoms with Crippen molar-refractivity contribution in [3.8, 4) is 0 Å². The van der Waals surface area contributed by atoms with Crippen molar-refractivity contribution < 1.29 is 23.9 Å². The molecule has 2 aromatic rings. The van der Waals surface area contributed by atoms with Crippen molar-refractivity contribution in [2.75, 3.05) is 0 Å². The number of esters is 1. The Morgan fingerprint density at radius 3 is 2.38 bits per heavy atom. The summed E-state index contributed by atoms with van der Waals surface area (Å²) in [5.41, 5.74) is 1.01. The predicted octanol–water partition coefficient (Wildman–Crippen LogP) is 2.68. The number of ketones is 1. The largest absolute Gasteiger partial charge is 0.461 e. The van der Waals surface area contributed by atoms with Crippen LogP contribution in [0.25, 0.3) is 10.9 Å². The van der Waals surface area contributed by atoms with Crippen molar-refractivity contribution in [2.45, 2.75) is 72.1 Å². The van der Waals surface area contributed by atoms with Gasteiger partial charge in [0.1, 0.15) is 12.1 Å². The Morgan fingerprint density at radius 2 is 1.76 bits per heavy atom. The van der Waals surface area contributed by atoms with Crippen molar-refractivity contribution in [3.05, 3.63) is 36.0 Å². The third-order valence-corrected chi connectivity index (χ3v) is 5.20. The molecular formula is C25H34N4O5. The summed E-state index contributed by atoms with van der Waals surface area (Å²) >= 11 is 0. The zero-order valence-corrected chi connectivity index (χ0v) is 20.4. The van der Waals surface area contributed by atoms with Crippen molar-refractivity contribution in [1.29, 1.82) is 5.41 Å². The second-order valence-corrected chi connectivity index (χ2v) is 9.54. The van der Waals surface area contributed by atoms with E-state index in [1.807, 2.05) is 24.3 Å². The maximum atomic E-state index is 13.3. The molecule has 0 saturated carbocycles. The molecule has 1 heterocycles. The van der Waals surface area contributed by atoms with Gasteiger partial charge in [-0.05, 0) is 31.9 Å². The third kappa shape index (κ3) is 7.54. The van der Waals surface area contributed by atoms with Crippen LogP contribution < -0.4 is 10.6 Å². The van der Waals surface area contributed by atoms with Crippen LogP contribution in [0.2, 0.25) is 0 Å². The number of aromatic amines is 1. The number of hydrogen-bond acceptors (Lipinski definition) is 6. The fourth-order valence-electron chi connectivity index (χ4n) is 3.30. The van der Waals surface area contributed by atoms with E-state index < -0.39 is 41.3 Å². The molecule has 4 N–H and O–H groups in total. The van der Waals surface area contributed by atoms with Crippen molar-refractivity contribution in [2.24, 2.45) is 5.41 Å². The number of hydrogen-bond donors (Lipinski definition) is 4. The summed E-state index contributed by atoms with van der Waals surface area (Å²) in [5.74, 6) is -2.01. The number of para-hydroxylation sites is 1. The monoisotopic (exact) mass is 470 g/mol. The van der Waals surface area contributed by atoms with Crippen LogP contribution in [-0.2, 0) is 30.3 Å². The summed E-state index contributed by atoms with van der Waals surface area (Å²) in [5, 5.41) is 13.4. The molecule has 9 nitrogen and oxygen atoms in total. The first-order chi connectivity index (χ1) is 15.9. The predicted molar refractivity (Wildman–Crippen MR) is 130 cm³/mol. The molecule has 34 heavy (non-hydrogen) atoms. The first-order valence-corrected chi connectivity index (χ1v) is 11.3. The van der Waals surface area contributed by atoms with Crippen molar-refractivity contribution >= 4 is 40.7 Å². The molecule has 0 radical (unpaired) electrons. The van der Waals surface area contributed by atoms with E-state index in [1.54, 1.807) is 40.8 Å². The average Bonchev–Trinajstić information content (AvgIpc) is 3.17. The number of ether oxygens (including phenoxy) is 1. The zero-order valence-electron chi connectivity index (χ0n) is 20.4. The molecular weight excluding hydrogens is 436 g/mol. The van der Waals surface area contributed by atoms with Crippen LogP contribution in [0.4, 0.5) is 0 Å². The lowest BCUT2D eigenvalue weighted by molar-refractivity contribution is -0.152. The van der Waals surface area contributed by atoms with E-state index in [4.69, 9.17) is 10.1 Å². The number of rotatable bonds is 11. The first kappa shape index (κ1) is 26.8. The molecule has 2 atom stereocenters. The second-order valence-electron chi connectivity index (χ2n) is 9.54. The molecule has 2 rings (SSSR count). The summed E-state index contributed by atoms with van der Waals surface area (Å²) in [7, 11) is 0. The molecule has 9 heteroatoms. The Bertz CT molecular complexity index is 1050. The molecule has 0 unspecified atom stereocenters. The summed E-state index contributed by atoms with van der Waals surface area (Å²) < 4.78 is 5.24. The maximum Gasteiger partial charge on any atom is 0.328 e. The fraction of sp³-hybridized carbons (Fsp3) is 0.480. The normalized spacial score (nSPS) is 13.2. The Morgan fingerprint density at radius 1 is 1.09 bits per heavy atom. The molecule has 2 amide bonds. The Labute approximate surface area is 199 Å². The average molecular weight is 471 g/mol. The van der Waals surface area contributed by atoms with E-state index in [-0.39, 0.29) is 25.2 Å². The SMILES string of the molecule is CC(C)OC(=O)[C@H](CCC(=O)C=N)NC(=O)[C@H](Cc1c[nH]c2ccccc12)NC(=O)C(C)(C)C. The molecule has 0 aliphatic heterocycles. The van der Waals surface area contributed by atoms with Crippen LogP contribution in [0.5, 0.6) is 0 Å². The molecule has 184 valence electrons. The Kier molecular flexibility index (Phi) is 9.11. The second kappa shape index (κ2) is 11.6. The van der Waals surface area contributed by atoms with E-state index in [0.29, 0.717) is 6.21 Å². The minimum Gasteiger partial charge on any atom is -0.461 e. The van der Waals surface area contributed by atoms with E-state index >= 15 is 0 Å². The first-order valence-electron chi connectivity index (χ1n) is 11.3. The molecule has 0 bridgehead atoms. The lowest BCUT2D eigenvalue weighted by atomic mass is 9.94. The molecule has 0 aliphatic rings. The highest BCUT2D eigenvalue weighted by molar-refractivity contribution is 6.26. The van der Waals surface area contributed by atoms with Crippen LogP contribution in [0.15, 0.2) is 30.5 Å². The Hall–Kier alpha value is -3.49. The van der Waals surface area contributed by atoms with Crippen LogP contribution in [0.1, 0.15) is 53.0 Å². The van der Waals surface area contributed by atoms with Gasteiger partial charge in [-0.1, -0.05) is 39.0 Å². The molecule has 0 spiro atoms. The summed E-state index contributed by atoms with van der Waals surface area (Å²) in [6.45, 7) is 8.60. The fourth-order valence-corrected chi connectivity index (χ4v) is 3.30. The van der Waals surface area contributed by atoms with Gasteiger partial charge in [0.05, 0.1) is 12.3 Å². The number of benzene rings is 1. The van der Waals surface area contributed by atoms with E-state index in [2.05, 4.69) is 15.6 Å². The minimum atomic E-state index is -1.09. The van der Waals surface area contributed by atoms with Crippen molar-refractivity contribution in [1.82, 2.24) is 15.6 Å². The number of H-pyrrole nitrogens is 1. The maximum absolute atomic E-state index is 13.3. The topological polar surface area (TPSA) is 141 Å². The number of carbonyl (C=O) groups is 4. The van der Waals surface area contributed by atoms with Gasteiger partial charge in [-0.3, -0.25) is 14.4 Å². The van der Waals surface area contributed by atoms with Crippen LogP contribution in [0, 0.1) is 10.8 Å². The molecule has 0 fully saturated rings. The van der Waals surface area contributed by atoms with Gasteiger partial charge in [0.25, 0.3) is 0 Å². The number of nitrogens with one attached hydrogen (secondary N) is 4. The number of carbonyl (C=O) groups excluding carboxylic acids is 4. The highest BCUT2D eigenvalue weighted by atomic mass is 16.5. The highest BCUT2D eigenvalue weighted by Crippen LogP contribution is 2.20. The zero-order chi connectivity index (χ0) is 25.5. The number of amides is 2. The minimum absolute atomic E-state index is 0.0153. The summed E-state index contributed by atoms with van der Waals surface area (Å²) in [4.78, 5) is 53.4. The summed E-state index contributed by atoms with van der Waals surface area (Å²) in [6, 6.07) is 5.58. The number of Topliss-reactive ketones (excluding diaryl/α,β-unsaturated/α-hetero) is 1. The summed E-state index contributed by atoms with van der Waals surface area (Å²) in [6.07, 6.45) is 2.15. The quantitative estimate of drug-likeness (QED) is 0.295. The van der Waals surface area contributed by atoms with Crippen LogP contribution in [-0.4, -0.2) is 53.0 Å². The van der Waals surface area contributed by atoms with Gasteiger partial charge < -0.3 is 25.8 Å². The van der Waals surface area contributed by atoms with Gasteiger partial charge >= 0.3 is 5.97 Å². The highest BCUT2D eigenvalue weighted by Gasteiger charge is 2.31. The number of fused-ring (bicyclic) bond motifs is 1. The molecule has 0 saturated heterocycles.